The first-order valence-corrected chi connectivity index (χ1v) is 9.19. The molecular formula is C19H18N4O3S. The summed E-state index contributed by atoms with van der Waals surface area (Å²) in [6.45, 7) is 1.99. The fourth-order valence-corrected chi connectivity index (χ4v) is 3.17. The summed E-state index contributed by atoms with van der Waals surface area (Å²) < 4.78 is 1.10. The number of carbonyl (C=O) groups is 2. The van der Waals surface area contributed by atoms with Gasteiger partial charge in [-0.05, 0) is 25.1 Å². The molecule has 0 aliphatic heterocycles. The second kappa shape index (κ2) is 8.05. The molecule has 8 heteroatoms. The number of nitrogens with one attached hydrogen (secondary N) is 2. The van der Waals surface area contributed by atoms with Crippen LogP contribution in [-0.4, -0.2) is 27.3 Å². The minimum absolute atomic E-state index is 0.0687. The second-order valence-electron chi connectivity index (χ2n) is 5.93. The van der Waals surface area contributed by atoms with Crippen molar-refractivity contribution in [2.45, 2.75) is 11.8 Å². The van der Waals surface area contributed by atoms with Crippen LogP contribution in [-0.2, 0) is 11.8 Å². The molecule has 2 amide bonds. The number of benzene rings is 2. The lowest BCUT2D eigenvalue weighted by atomic mass is 10.1. The van der Waals surface area contributed by atoms with E-state index in [4.69, 9.17) is 0 Å². The Hall–Kier alpha value is -3.13. The highest BCUT2D eigenvalue weighted by atomic mass is 32.2. The first kappa shape index (κ1) is 18.7. The van der Waals surface area contributed by atoms with Gasteiger partial charge in [0.25, 0.3) is 11.5 Å². The number of amides is 2. The van der Waals surface area contributed by atoms with E-state index in [0.717, 1.165) is 15.1 Å². The molecule has 0 saturated carbocycles. The lowest BCUT2D eigenvalue weighted by Crippen LogP contribution is -2.43. The minimum atomic E-state index is -0.588. The van der Waals surface area contributed by atoms with Gasteiger partial charge in [0.1, 0.15) is 0 Å². The number of aromatic nitrogens is 2. The quantitative estimate of drug-likeness (QED) is 0.530. The van der Waals surface area contributed by atoms with Gasteiger partial charge in [-0.15, -0.1) is 11.8 Å². The van der Waals surface area contributed by atoms with Gasteiger partial charge in [-0.2, -0.15) is 5.10 Å². The highest BCUT2D eigenvalue weighted by Crippen LogP contribution is 2.17. The number of rotatable bonds is 4. The summed E-state index contributed by atoms with van der Waals surface area (Å²) in [6.07, 6.45) is 0. The van der Waals surface area contributed by atoms with Crippen LogP contribution >= 0.6 is 11.8 Å². The molecule has 3 aromatic rings. The molecule has 0 saturated heterocycles. The van der Waals surface area contributed by atoms with Crippen LogP contribution in [0.1, 0.15) is 16.1 Å². The van der Waals surface area contributed by atoms with Crippen molar-refractivity contribution in [2.24, 2.45) is 7.05 Å². The van der Waals surface area contributed by atoms with Crippen LogP contribution in [0, 0.1) is 6.92 Å². The van der Waals surface area contributed by atoms with Crippen molar-refractivity contribution in [1.29, 1.82) is 0 Å². The zero-order valence-corrected chi connectivity index (χ0v) is 15.7. The van der Waals surface area contributed by atoms with Crippen molar-refractivity contribution in [1.82, 2.24) is 20.6 Å². The Labute approximate surface area is 159 Å². The van der Waals surface area contributed by atoms with Crippen molar-refractivity contribution >= 4 is 34.3 Å². The first-order chi connectivity index (χ1) is 13.0. The van der Waals surface area contributed by atoms with Crippen LogP contribution in [0.4, 0.5) is 0 Å². The molecule has 0 bridgehead atoms. The smallest absolute Gasteiger partial charge is 0.272 e. The Bertz CT molecular complexity index is 1060. The van der Waals surface area contributed by atoms with E-state index in [9.17, 15) is 14.4 Å². The molecule has 27 heavy (non-hydrogen) atoms. The number of aryl methyl sites for hydroxylation is 2. The van der Waals surface area contributed by atoms with Crippen LogP contribution in [0.15, 0.2) is 58.2 Å². The van der Waals surface area contributed by atoms with E-state index in [1.165, 1.54) is 18.8 Å². The van der Waals surface area contributed by atoms with Gasteiger partial charge in [0.15, 0.2) is 5.69 Å². The molecule has 2 aromatic carbocycles. The molecule has 0 spiro atoms. The molecular weight excluding hydrogens is 364 g/mol. The van der Waals surface area contributed by atoms with Crippen molar-refractivity contribution in [3.63, 3.8) is 0 Å². The molecule has 1 aromatic heterocycles. The molecule has 1 heterocycles. The van der Waals surface area contributed by atoms with Gasteiger partial charge in [0, 0.05) is 17.3 Å². The Kier molecular flexibility index (Phi) is 5.56. The fraction of sp³-hybridized carbons (Fsp3) is 0.158. The Balaban J connectivity index is 1.65. The van der Waals surface area contributed by atoms with E-state index in [1.54, 1.807) is 24.3 Å². The van der Waals surface area contributed by atoms with E-state index < -0.39 is 5.91 Å². The molecule has 7 nitrogen and oxygen atoms in total. The monoisotopic (exact) mass is 382 g/mol. The molecule has 0 atom stereocenters. The summed E-state index contributed by atoms with van der Waals surface area (Å²) >= 11 is 1.37. The van der Waals surface area contributed by atoms with Crippen LogP contribution in [0.2, 0.25) is 0 Å². The van der Waals surface area contributed by atoms with Crippen molar-refractivity contribution in [3.05, 3.63) is 70.1 Å². The number of hydrazine groups is 1. The van der Waals surface area contributed by atoms with Crippen LogP contribution in [0.25, 0.3) is 10.8 Å². The van der Waals surface area contributed by atoms with E-state index in [1.807, 2.05) is 31.2 Å². The van der Waals surface area contributed by atoms with Gasteiger partial charge in [0.05, 0.1) is 11.1 Å². The molecule has 2 N–H and O–H groups in total. The van der Waals surface area contributed by atoms with Gasteiger partial charge < -0.3 is 0 Å². The zero-order chi connectivity index (χ0) is 19.4. The predicted molar refractivity (Wildman–Crippen MR) is 104 cm³/mol. The van der Waals surface area contributed by atoms with E-state index in [-0.39, 0.29) is 22.9 Å². The maximum atomic E-state index is 12.4. The maximum absolute atomic E-state index is 12.4. The number of carbonyl (C=O) groups excluding carboxylic acids is 2. The summed E-state index contributed by atoms with van der Waals surface area (Å²) in [5.41, 5.74) is 5.65. The highest BCUT2D eigenvalue weighted by molar-refractivity contribution is 8.00. The lowest BCUT2D eigenvalue weighted by molar-refractivity contribution is -0.119. The van der Waals surface area contributed by atoms with Crippen LogP contribution in [0.3, 0.4) is 0 Å². The molecule has 0 radical (unpaired) electrons. The van der Waals surface area contributed by atoms with Gasteiger partial charge in [-0.25, -0.2) is 4.68 Å². The molecule has 0 unspecified atom stereocenters. The summed E-state index contributed by atoms with van der Waals surface area (Å²) in [5.74, 6) is -0.774. The number of hydrogen-bond acceptors (Lipinski definition) is 5. The van der Waals surface area contributed by atoms with Gasteiger partial charge in [-0.3, -0.25) is 25.2 Å². The van der Waals surface area contributed by atoms with Gasteiger partial charge in [-0.1, -0.05) is 35.9 Å². The molecule has 138 valence electrons. The average molecular weight is 382 g/mol. The number of thioether (sulfide) groups is 1. The topological polar surface area (TPSA) is 93.1 Å². The van der Waals surface area contributed by atoms with Gasteiger partial charge >= 0.3 is 0 Å². The SMILES string of the molecule is Cc1ccc(SCC(=O)NNC(=O)c2nn(C)c(=O)c3ccccc23)cc1. The third-order valence-corrected chi connectivity index (χ3v) is 4.89. The first-order valence-electron chi connectivity index (χ1n) is 8.20. The minimum Gasteiger partial charge on any atom is -0.272 e. The standard InChI is InChI=1S/C19H18N4O3S/c1-12-7-9-13(10-8-12)27-11-16(24)20-21-18(25)17-14-5-3-4-6-15(14)19(26)23(2)22-17/h3-10H,11H2,1-2H3,(H,20,24)(H,21,25). The number of nitrogens with zero attached hydrogens (tertiary/aromatic N) is 2. The van der Waals surface area contributed by atoms with Crippen LogP contribution in [0.5, 0.6) is 0 Å². The summed E-state index contributed by atoms with van der Waals surface area (Å²) in [7, 11) is 1.47. The van der Waals surface area contributed by atoms with Crippen molar-refractivity contribution in [2.75, 3.05) is 5.75 Å². The largest absolute Gasteiger partial charge is 0.290 e. The lowest BCUT2D eigenvalue weighted by Gasteiger charge is -2.10. The van der Waals surface area contributed by atoms with E-state index in [0.29, 0.717) is 10.8 Å². The summed E-state index contributed by atoms with van der Waals surface area (Å²) in [6, 6.07) is 14.5. The number of fused-ring (bicyclic) bond motifs is 1. The fourth-order valence-electron chi connectivity index (χ4n) is 2.47. The molecule has 0 aliphatic carbocycles. The second-order valence-corrected chi connectivity index (χ2v) is 6.98. The van der Waals surface area contributed by atoms with Crippen LogP contribution < -0.4 is 16.4 Å². The molecule has 0 aliphatic rings. The molecule has 3 rings (SSSR count). The maximum Gasteiger partial charge on any atom is 0.290 e. The third kappa shape index (κ3) is 4.35. The Morgan fingerprint density at radius 1 is 1.04 bits per heavy atom. The average Bonchev–Trinajstić information content (AvgIpc) is 2.68. The van der Waals surface area contributed by atoms with Crippen molar-refractivity contribution < 1.29 is 9.59 Å². The van der Waals surface area contributed by atoms with Crippen molar-refractivity contribution in [3.8, 4) is 0 Å². The Morgan fingerprint density at radius 2 is 1.70 bits per heavy atom. The molecule has 0 fully saturated rings. The summed E-state index contributed by atoms with van der Waals surface area (Å²) in [5, 5.41) is 4.84. The predicted octanol–water partition coefficient (Wildman–Crippen LogP) is 1.80. The number of hydrogen-bond donors (Lipinski definition) is 2. The normalized spacial score (nSPS) is 10.6. The van der Waals surface area contributed by atoms with E-state index in [2.05, 4.69) is 16.0 Å². The summed E-state index contributed by atoms with van der Waals surface area (Å²) in [4.78, 5) is 37.5. The highest BCUT2D eigenvalue weighted by Gasteiger charge is 2.16. The zero-order valence-electron chi connectivity index (χ0n) is 14.9. The van der Waals surface area contributed by atoms with Gasteiger partial charge in [0.2, 0.25) is 5.91 Å². The van der Waals surface area contributed by atoms with E-state index >= 15 is 0 Å². The Morgan fingerprint density at radius 3 is 2.41 bits per heavy atom. The third-order valence-electron chi connectivity index (χ3n) is 3.88.